The Morgan fingerprint density at radius 2 is 2.07 bits per heavy atom. The van der Waals surface area contributed by atoms with E-state index in [9.17, 15) is 4.79 Å². The third kappa shape index (κ3) is 1.92. The van der Waals surface area contributed by atoms with Crippen LogP contribution in [0.2, 0.25) is 0 Å². The highest BCUT2D eigenvalue weighted by atomic mass is 16.1. The van der Waals surface area contributed by atoms with Crippen LogP contribution < -0.4 is 5.32 Å². The molecular weight excluding hydrogens is 176 g/mol. The lowest BCUT2D eigenvalue weighted by Gasteiger charge is -2.49. The second-order valence-corrected chi connectivity index (χ2v) is 6.16. The average molecular weight is 196 g/mol. The summed E-state index contributed by atoms with van der Waals surface area (Å²) in [5, 5.41) is 2.93. The summed E-state index contributed by atoms with van der Waals surface area (Å²) in [6.45, 7) is 11.0. The van der Waals surface area contributed by atoms with Crippen molar-refractivity contribution in [3.63, 3.8) is 0 Å². The summed E-state index contributed by atoms with van der Waals surface area (Å²) in [4.78, 5) is 13.6. The minimum absolute atomic E-state index is 0.236. The number of likely N-dealkylation sites (tertiary alicyclic amines) is 1. The van der Waals surface area contributed by atoms with Crippen molar-refractivity contribution in [2.45, 2.75) is 27.2 Å². The first-order valence-electron chi connectivity index (χ1n) is 5.38. The van der Waals surface area contributed by atoms with Crippen LogP contribution in [0.15, 0.2) is 0 Å². The van der Waals surface area contributed by atoms with Crippen LogP contribution in [-0.4, -0.2) is 37.0 Å². The molecule has 0 aromatic heterocycles. The average Bonchev–Trinajstić information content (AvgIpc) is 2.27. The van der Waals surface area contributed by atoms with Crippen molar-refractivity contribution in [3.05, 3.63) is 0 Å². The second-order valence-electron chi connectivity index (χ2n) is 6.16. The lowest BCUT2D eigenvalue weighted by molar-refractivity contribution is -0.120. The number of amides is 1. The summed E-state index contributed by atoms with van der Waals surface area (Å²) in [6, 6.07) is 0. The molecule has 0 aromatic carbocycles. The zero-order valence-electron chi connectivity index (χ0n) is 9.39. The van der Waals surface area contributed by atoms with E-state index in [0.717, 1.165) is 32.6 Å². The maximum atomic E-state index is 11.1. The van der Waals surface area contributed by atoms with Crippen molar-refractivity contribution in [2.24, 2.45) is 10.8 Å². The minimum Gasteiger partial charge on any atom is -0.355 e. The second kappa shape index (κ2) is 2.96. The first-order chi connectivity index (χ1) is 6.39. The molecule has 3 heteroatoms. The van der Waals surface area contributed by atoms with E-state index in [1.165, 1.54) is 0 Å². The van der Waals surface area contributed by atoms with Gasteiger partial charge in [0.2, 0.25) is 5.91 Å². The molecule has 0 saturated carbocycles. The van der Waals surface area contributed by atoms with Gasteiger partial charge in [-0.05, 0) is 5.41 Å². The predicted octanol–water partition coefficient (Wildman–Crippen LogP) is 0.854. The summed E-state index contributed by atoms with van der Waals surface area (Å²) in [5.74, 6) is 0.236. The molecule has 2 fully saturated rings. The SMILES string of the molecule is CC(C)(C)CN1CC2(CNC(=O)C2)C1. The summed E-state index contributed by atoms with van der Waals surface area (Å²) < 4.78 is 0. The Kier molecular flexibility index (Phi) is 2.11. The molecule has 1 spiro atoms. The molecule has 3 nitrogen and oxygen atoms in total. The van der Waals surface area contributed by atoms with Gasteiger partial charge in [-0.1, -0.05) is 20.8 Å². The van der Waals surface area contributed by atoms with Gasteiger partial charge >= 0.3 is 0 Å². The van der Waals surface area contributed by atoms with E-state index in [1.54, 1.807) is 0 Å². The molecule has 80 valence electrons. The van der Waals surface area contributed by atoms with Gasteiger partial charge < -0.3 is 10.2 Å². The van der Waals surface area contributed by atoms with Crippen molar-refractivity contribution >= 4 is 5.91 Å². The molecule has 14 heavy (non-hydrogen) atoms. The van der Waals surface area contributed by atoms with Gasteiger partial charge in [0, 0.05) is 38.0 Å². The number of hydrogen-bond acceptors (Lipinski definition) is 2. The van der Waals surface area contributed by atoms with Crippen molar-refractivity contribution in [2.75, 3.05) is 26.2 Å². The van der Waals surface area contributed by atoms with Crippen LogP contribution >= 0.6 is 0 Å². The minimum atomic E-state index is 0.236. The Bertz CT molecular complexity index is 249. The Hall–Kier alpha value is -0.570. The van der Waals surface area contributed by atoms with Gasteiger partial charge in [-0.2, -0.15) is 0 Å². The smallest absolute Gasteiger partial charge is 0.220 e. The Labute approximate surface area is 85.8 Å². The molecule has 2 saturated heterocycles. The molecule has 0 atom stereocenters. The van der Waals surface area contributed by atoms with Crippen LogP contribution in [0.25, 0.3) is 0 Å². The highest BCUT2D eigenvalue weighted by Crippen LogP contribution is 2.37. The predicted molar refractivity (Wildman–Crippen MR) is 56.0 cm³/mol. The molecule has 0 radical (unpaired) electrons. The highest BCUT2D eigenvalue weighted by Gasteiger charge is 2.48. The maximum Gasteiger partial charge on any atom is 0.220 e. The first-order valence-corrected chi connectivity index (χ1v) is 5.38. The van der Waals surface area contributed by atoms with E-state index in [-0.39, 0.29) is 5.91 Å². The van der Waals surface area contributed by atoms with Crippen molar-refractivity contribution in [1.29, 1.82) is 0 Å². The molecule has 0 bridgehead atoms. The third-order valence-corrected chi connectivity index (χ3v) is 3.01. The zero-order valence-corrected chi connectivity index (χ0v) is 9.39. The van der Waals surface area contributed by atoms with Gasteiger partial charge in [0.25, 0.3) is 0 Å². The lowest BCUT2D eigenvalue weighted by Crippen LogP contribution is -2.58. The number of nitrogens with one attached hydrogen (secondary N) is 1. The van der Waals surface area contributed by atoms with Gasteiger partial charge in [0.15, 0.2) is 0 Å². The van der Waals surface area contributed by atoms with Crippen molar-refractivity contribution in [3.8, 4) is 0 Å². The number of nitrogens with zero attached hydrogens (tertiary/aromatic N) is 1. The first kappa shape index (κ1) is 9.97. The van der Waals surface area contributed by atoms with Crippen LogP contribution in [0.4, 0.5) is 0 Å². The number of hydrogen-bond donors (Lipinski definition) is 1. The standard InChI is InChI=1S/C11H20N2O/c1-10(2,3)6-13-7-11(8-13)4-9(14)12-5-11/h4-8H2,1-3H3,(H,12,14). The molecule has 0 unspecified atom stereocenters. The van der Waals surface area contributed by atoms with E-state index in [4.69, 9.17) is 0 Å². The Balaban J connectivity index is 1.82. The molecule has 1 amide bonds. The fourth-order valence-electron chi connectivity index (χ4n) is 2.66. The van der Waals surface area contributed by atoms with Gasteiger partial charge in [-0.3, -0.25) is 4.79 Å². The fourth-order valence-corrected chi connectivity index (χ4v) is 2.66. The van der Waals surface area contributed by atoms with E-state index >= 15 is 0 Å². The van der Waals surface area contributed by atoms with Gasteiger partial charge in [-0.25, -0.2) is 0 Å². The molecule has 2 aliphatic rings. The number of rotatable bonds is 1. The molecular formula is C11H20N2O. The van der Waals surface area contributed by atoms with E-state index < -0.39 is 0 Å². The van der Waals surface area contributed by atoms with Gasteiger partial charge in [0.1, 0.15) is 0 Å². The van der Waals surface area contributed by atoms with Crippen molar-refractivity contribution in [1.82, 2.24) is 10.2 Å². The highest BCUT2D eigenvalue weighted by molar-refractivity contribution is 5.79. The van der Waals surface area contributed by atoms with Crippen LogP contribution in [0, 0.1) is 10.8 Å². The van der Waals surface area contributed by atoms with Crippen LogP contribution in [0.5, 0.6) is 0 Å². The lowest BCUT2D eigenvalue weighted by atomic mass is 9.77. The molecule has 2 aliphatic heterocycles. The maximum absolute atomic E-state index is 11.1. The summed E-state index contributed by atoms with van der Waals surface area (Å²) >= 11 is 0. The van der Waals surface area contributed by atoms with Gasteiger partial charge in [0.05, 0.1) is 0 Å². The monoisotopic (exact) mass is 196 g/mol. The summed E-state index contributed by atoms with van der Waals surface area (Å²) in [5.41, 5.74) is 0.667. The van der Waals surface area contributed by atoms with Crippen LogP contribution in [-0.2, 0) is 4.79 Å². The molecule has 1 N–H and O–H groups in total. The topological polar surface area (TPSA) is 32.3 Å². The Morgan fingerprint density at radius 3 is 2.50 bits per heavy atom. The fraction of sp³-hybridized carbons (Fsp3) is 0.909. The molecule has 0 aromatic rings. The summed E-state index contributed by atoms with van der Waals surface area (Å²) in [7, 11) is 0. The van der Waals surface area contributed by atoms with E-state index in [0.29, 0.717) is 10.8 Å². The quantitative estimate of drug-likeness (QED) is 0.674. The van der Waals surface area contributed by atoms with Crippen LogP contribution in [0.1, 0.15) is 27.2 Å². The molecule has 2 heterocycles. The Morgan fingerprint density at radius 1 is 1.43 bits per heavy atom. The number of carbonyl (C=O) groups excluding carboxylic acids is 1. The molecule has 0 aliphatic carbocycles. The van der Waals surface area contributed by atoms with E-state index in [1.807, 2.05) is 0 Å². The largest absolute Gasteiger partial charge is 0.355 e. The van der Waals surface area contributed by atoms with Gasteiger partial charge in [-0.15, -0.1) is 0 Å². The zero-order chi connectivity index (χ0) is 10.4. The van der Waals surface area contributed by atoms with Crippen molar-refractivity contribution < 1.29 is 4.79 Å². The van der Waals surface area contributed by atoms with Crippen LogP contribution in [0.3, 0.4) is 0 Å². The third-order valence-electron chi connectivity index (χ3n) is 3.01. The normalized spacial score (nSPS) is 26.4. The summed E-state index contributed by atoms with van der Waals surface area (Å²) in [6.07, 6.45) is 0.744. The molecule has 2 rings (SSSR count). The number of carbonyl (C=O) groups is 1. The van der Waals surface area contributed by atoms with E-state index in [2.05, 4.69) is 31.0 Å².